The Kier molecular flexibility index (Phi) is 3.94. The van der Waals surface area contributed by atoms with Crippen LogP contribution in [0.15, 0.2) is 24.3 Å². The fraction of sp³-hybridized carbons (Fsp3) is 0.357. The van der Waals surface area contributed by atoms with E-state index in [9.17, 15) is 4.79 Å². The molecule has 0 aliphatic carbocycles. The minimum Gasteiger partial charge on any atom is -0.481 e. The fourth-order valence-corrected chi connectivity index (χ4v) is 1.87. The summed E-state index contributed by atoms with van der Waals surface area (Å²) in [6.45, 7) is 2.11. The van der Waals surface area contributed by atoms with Gasteiger partial charge < -0.3 is 5.11 Å². The van der Waals surface area contributed by atoms with Gasteiger partial charge in [0, 0.05) is 19.0 Å². The van der Waals surface area contributed by atoms with Gasteiger partial charge in [0.1, 0.15) is 5.82 Å². The van der Waals surface area contributed by atoms with Crippen LogP contribution in [0.5, 0.6) is 0 Å². The molecule has 0 spiro atoms. The van der Waals surface area contributed by atoms with Crippen molar-refractivity contribution >= 4 is 5.97 Å². The molecule has 2 rings (SSSR count). The van der Waals surface area contributed by atoms with Gasteiger partial charge in [0.05, 0.1) is 6.42 Å². The maximum absolute atomic E-state index is 10.6. The van der Waals surface area contributed by atoms with Crippen LogP contribution in [0.25, 0.3) is 11.4 Å². The highest BCUT2D eigenvalue weighted by molar-refractivity contribution is 5.67. The third kappa shape index (κ3) is 3.19. The summed E-state index contributed by atoms with van der Waals surface area (Å²) in [4.78, 5) is 15.0. The first-order valence-electron chi connectivity index (χ1n) is 6.31. The largest absolute Gasteiger partial charge is 0.481 e. The first-order valence-corrected chi connectivity index (χ1v) is 6.31. The molecular formula is C14H17N3O2. The number of aliphatic carboxylic acids is 1. The van der Waals surface area contributed by atoms with Crippen molar-refractivity contribution < 1.29 is 9.90 Å². The van der Waals surface area contributed by atoms with Crippen molar-refractivity contribution in [3.05, 3.63) is 35.7 Å². The van der Waals surface area contributed by atoms with Crippen molar-refractivity contribution in [2.75, 3.05) is 0 Å². The predicted octanol–water partition coefficient (Wildman–Crippen LogP) is 2.06. The van der Waals surface area contributed by atoms with E-state index in [0.717, 1.165) is 12.0 Å². The molecule has 0 saturated carbocycles. The van der Waals surface area contributed by atoms with E-state index in [2.05, 4.69) is 29.1 Å². The highest BCUT2D eigenvalue weighted by Crippen LogP contribution is 2.17. The maximum atomic E-state index is 10.6. The van der Waals surface area contributed by atoms with Gasteiger partial charge in [0.15, 0.2) is 5.82 Å². The summed E-state index contributed by atoms with van der Waals surface area (Å²) in [5, 5.41) is 13.0. The Bertz CT molecular complexity index is 573. The average molecular weight is 259 g/mol. The van der Waals surface area contributed by atoms with Crippen LogP contribution in [0.2, 0.25) is 0 Å². The van der Waals surface area contributed by atoms with Crippen molar-refractivity contribution in [1.82, 2.24) is 14.8 Å². The summed E-state index contributed by atoms with van der Waals surface area (Å²) < 4.78 is 1.64. The molecule has 5 heteroatoms. The normalized spacial score (nSPS) is 10.6. The van der Waals surface area contributed by atoms with Crippen LogP contribution in [0.3, 0.4) is 0 Å². The van der Waals surface area contributed by atoms with E-state index >= 15 is 0 Å². The summed E-state index contributed by atoms with van der Waals surface area (Å²) in [5.41, 5.74) is 2.22. The van der Waals surface area contributed by atoms with Crippen LogP contribution >= 0.6 is 0 Å². The number of carbonyl (C=O) groups is 1. The van der Waals surface area contributed by atoms with Gasteiger partial charge in [-0.25, -0.2) is 4.98 Å². The second-order valence-electron chi connectivity index (χ2n) is 4.42. The minimum absolute atomic E-state index is 0.0702. The lowest BCUT2D eigenvalue weighted by Crippen LogP contribution is -2.03. The molecule has 0 aliphatic rings. The van der Waals surface area contributed by atoms with Gasteiger partial charge in [-0.1, -0.05) is 31.2 Å². The van der Waals surface area contributed by atoms with Gasteiger partial charge in [-0.3, -0.25) is 9.48 Å². The molecule has 0 radical (unpaired) electrons. The lowest BCUT2D eigenvalue weighted by Gasteiger charge is -1.97. The van der Waals surface area contributed by atoms with Gasteiger partial charge in [-0.15, -0.1) is 0 Å². The zero-order chi connectivity index (χ0) is 13.8. The van der Waals surface area contributed by atoms with Crippen LogP contribution in [0, 0.1) is 0 Å². The van der Waals surface area contributed by atoms with E-state index in [1.54, 1.807) is 11.7 Å². The first-order chi connectivity index (χ1) is 9.10. The molecule has 0 aliphatic heterocycles. The van der Waals surface area contributed by atoms with E-state index in [1.807, 2.05) is 12.1 Å². The Balaban J connectivity index is 2.20. The zero-order valence-corrected chi connectivity index (χ0v) is 11.1. The molecule has 0 atom stereocenters. The van der Waals surface area contributed by atoms with Gasteiger partial charge in [-0.05, 0) is 12.0 Å². The predicted molar refractivity (Wildman–Crippen MR) is 71.8 cm³/mol. The Hall–Kier alpha value is -2.17. The van der Waals surface area contributed by atoms with Crippen LogP contribution < -0.4 is 0 Å². The Morgan fingerprint density at radius 2 is 2.00 bits per heavy atom. The highest BCUT2D eigenvalue weighted by Gasteiger charge is 2.10. The summed E-state index contributed by atoms with van der Waals surface area (Å²) in [6, 6.07) is 8.11. The summed E-state index contributed by atoms with van der Waals surface area (Å²) in [5.74, 6) is 0.513. The molecule has 5 nitrogen and oxygen atoms in total. The molecule has 1 aromatic heterocycles. The van der Waals surface area contributed by atoms with Crippen molar-refractivity contribution in [1.29, 1.82) is 0 Å². The van der Waals surface area contributed by atoms with Crippen molar-refractivity contribution in [3.63, 3.8) is 0 Å². The Morgan fingerprint density at radius 3 is 2.58 bits per heavy atom. The molecule has 1 heterocycles. The smallest absolute Gasteiger partial charge is 0.303 e. The van der Waals surface area contributed by atoms with Crippen LogP contribution in [-0.4, -0.2) is 25.8 Å². The molecule has 1 aromatic carbocycles. The zero-order valence-electron chi connectivity index (χ0n) is 11.1. The van der Waals surface area contributed by atoms with Gasteiger partial charge in [0.25, 0.3) is 0 Å². The lowest BCUT2D eigenvalue weighted by molar-refractivity contribution is -0.137. The van der Waals surface area contributed by atoms with Crippen molar-refractivity contribution in [2.45, 2.75) is 26.2 Å². The lowest BCUT2D eigenvalue weighted by atomic mass is 10.1. The SMILES string of the molecule is CCc1ccc(-c2nc(CCC(=O)O)n(C)n2)cc1. The van der Waals surface area contributed by atoms with E-state index in [-0.39, 0.29) is 6.42 Å². The Morgan fingerprint density at radius 1 is 1.32 bits per heavy atom. The first kappa shape index (κ1) is 13.3. The molecule has 0 fully saturated rings. The number of carboxylic acids is 1. The fourth-order valence-electron chi connectivity index (χ4n) is 1.87. The van der Waals surface area contributed by atoms with Crippen molar-refractivity contribution in [3.8, 4) is 11.4 Å². The molecule has 0 amide bonds. The number of benzene rings is 1. The van der Waals surface area contributed by atoms with Crippen molar-refractivity contribution in [2.24, 2.45) is 7.05 Å². The highest BCUT2D eigenvalue weighted by atomic mass is 16.4. The maximum Gasteiger partial charge on any atom is 0.303 e. The summed E-state index contributed by atoms with van der Waals surface area (Å²) in [6.07, 6.45) is 1.46. The second kappa shape index (κ2) is 5.65. The van der Waals surface area contributed by atoms with Crippen LogP contribution in [0.1, 0.15) is 24.7 Å². The number of hydrogen-bond donors (Lipinski definition) is 1. The van der Waals surface area contributed by atoms with E-state index < -0.39 is 5.97 Å². The number of nitrogens with zero attached hydrogens (tertiary/aromatic N) is 3. The third-order valence-electron chi connectivity index (χ3n) is 3.04. The van der Waals surface area contributed by atoms with Crippen LogP contribution in [0.4, 0.5) is 0 Å². The third-order valence-corrected chi connectivity index (χ3v) is 3.04. The summed E-state index contributed by atoms with van der Waals surface area (Å²) >= 11 is 0. The van der Waals surface area contributed by atoms with Gasteiger partial charge in [0.2, 0.25) is 0 Å². The quantitative estimate of drug-likeness (QED) is 0.892. The number of aromatic nitrogens is 3. The van der Waals surface area contributed by atoms with Crippen LogP contribution in [-0.2, 0) is 24.7 Å². The monoisotopic (exact) mass is 259 g/mol. The van der Waals surface area contributed by atoms with Gasteiger partial charge in [-0.2, -0.15) is 5.10 Å². The van der Waals surface area contributed by atoms with Gasteiger partial charge >= 0.3 is 5.97 Å². The molecule has 19 heavy (non-hydrogen) atoms. The number of rotatable bonds is 5. The molecular weight excluding hydrogens is 242 g/mol. The molecule has 0 bridgehead atoms. The average Bonchev–Trinajstić information content (AvgIpc) is 2.78. The number of aryl methyl sites for hydroxylation is 3. The Labute approximate surface area is 111 Å². The molecule has 100 valence electrons. The number of carboxylic acid groups (broad SMARTS) is 1. The molecule has 0 saturated heterocycles. The topological polar surface area (TPSA) is 68.0 Å². The molecule has 0 unspecified atom stereocenters. The standard InChI is InChI=1S/C14H17N3O2/c1-3-10-4-6-11(7-5-10)14-15-12(17(2)16-14)8-9-13(18)19/h4-7H,3,8-9H2,1-2H3,(H,18,19). The van der Waals surface area contributed by atoms with E-state index in [1.165, 1.54) is 5.56 Å². The molecule has 1 N–H and O–H groups in total. The molecule has 2 aromatic rings. The van der Waals surface area contributed by atoms with E-state index in [4.69, 9.17) is 5.11 Å². The number of hydrogen-bond acceptors (Lipinski definition) is 3. The van der Waals surface area contributed by atoms with E-state index in [0.29, 0.717) is 18.1 Å². The minimum atomic E-state index is -0.822. The second-order valence-corrected chi connectivity index (χ2v) is 4.42. The summed E-state index contributed by atoms with van der Waals surface area (Å²) in [7, 11) is 1.79.